The van der Waals surface area contributed by atoms with Crippen LogP contribution in [0.4, 0.5) is 0 Å². The van der Waals surface area contributed by atoms with Crippen LogP contribution in [0.3, 0.4) is 0 Å². The molecule has 1 aromatic rings. The quantitative estimate of drug-likeness (QED) is 0.852. The van der Waals surface area contributed by atoms with Crippen molar-refractivity contribution in [2.45, 2.75) is 31.2 Å². The predicted molar refractivity (Wildman–Crippen MR) is 81.2 cm³/mol. The van der Waals surface area contributed by atoms with Crippen molar-refractivity contribution in [1.82, 2.24) is 5.32 Å². The van der Waals surface area contributed by atoms with Crippen LogP contribution >= 0.6 is 15.9 Å². The van der Waals surface area contributed by atoms with Crippen LogP contribution in [0.15, 0.2) is 40.4 Å². The van der Waals surface area contributed by atoms with Gasteiger partial charge in [0.25, 0.3) is 0 Å². The summed E-state index contributed by atoms with van der Waals surface area (Å²) in [6, 6.07) is 8.71. The van der Waals surface area contributed by atoms with Gasteiger partial charge in [-0.1, -0.05) is 34.1 Å². The molecule has 1 N–H and O–H groups in total. The van der Waals surface area contributed by atoms with Crippen LogP contribution in [0, 0.1) is 0 Å². The second-order valence-corrected chi connectivity index (χ2v) is 6.42. The summed E-state index contributed by atoms with van der Waals surface area (Å²) in [7, 11) is 0. The number of benzene rings is 1. The van der Waals surface area contributed by atoms with Gasteiger partial charge in [0.15, 0.2) is 0 Å². The molecule has 1 heterocycles. The molecule has 0 aromatic heterocycles. The van der Waals surface area contributed by atoms with E-state index in [1.807, 2.05) is 0 Å². The highest BCUT2D eigenvalue weighted by Gasteiger charge is 2.38. The average Bonchev–Trinajstić information content (AvgIpc) is 2.39. The first-order valence-electron chi connectivity index (χ1n) is 7.05. The van der Waals surface area contributed by atoms with Gasteiger partial charge in [0.2, 0.25) is 0 Å². The van der Waals surface area contributed by atoms with Gasteiger partial charge < -0.3 is 10.1 Å². The number of halogens is 1. The first-order chi connectivity index (χ1) is 9.28. The van der Waals surface area contributed by atoms with Crippen LogP contribution < -0.4 is 5.32 Å². The van der Waals surface area contributed by atoms with Crippen LogP contribution in [0.2, 0.25) is 0 Å². The fourth-order valence-corrected chi connectivity index (χ4v) is 3.30. The van der Waals surface area contributed by atoms with E-state index in [0.29, 0.717) is 0 Å². The molecule has 0 saturated heterocycles. The van der Waals surface area contributed by atoms with Crippen molar-refractivity contribution in [2.75, 3.05) is 19.8 Å². The molecule has 1 fully saturated rings. The van der Waals surface area contributed by atoms with E-state index in [4.69, 9.17) is 4.74 Å². The first-order valence-corrected chi connectivity index (χ1v) is 7.85. The highest BCUT2D eigenvalue weighted by molar-refractivity contribution is 9.10. The number of nitrogens with one attached hydrogen (secondary N) is 1. The summed E-state index contributed by atoms with van der Waals surface area (Å²) in [5.74, 6) is 0. The molecule has 2 nitrogen and oxygen atoms in total. The van der Waals surface area contributed by atoms with E-state index in [1.165, 1.54) is 34.9 Å². The zero-order valence-corrected chi connectivity index (χ0v) is 12.7. The Morgan fingerprint density at radius 1 is 1.32 bits per heavy atom. The molecule has 1 saturated carbocycles. The van der Waals surface area contributed by atoms with Crippen LogP contribution in [0.5, 0.6) is 0 Å². The number of ether oxygens (including phenoxy) is 1. The third-order valence-corrected chi connectivity index (χ3v) is 4.71. The molecule has 0 atom stereocenters. The van der Waals surface area contributed by atoms with Gasteiger partial charge >= 0.3 is 0 Å². The summed E-state index contributed by atoms with van der Waals surface area (Å²) in [6.07, 6.45) is 7.16. The molecular weight excluding hydrogens is 302 g/mol. The van der Waals surface area contributed by atoms with E-state index in [1.54, 1.807) is 0 Å². The van der Waals surface area contributed by atoms with Crippen molar-refractivity contribution < 1.29 is 4.74 Å². The first kappa shape index (κ1) is 13.3. The topological polar surface area (TPSA) is 21.3 Å². The standard InChI is InChI=1S/C16H20BrNO/c17-15-6-1-5-14(10-15)16(7-3-8-16)18-11-13-4-2-9-19-12-13/h1,4-6,10,18H,2-3,7-9,11-12H2. The number of rotatable bonds is 4. The van der Waals surface area contributed by atoms with Gasteiger partial charge in [0, 0.05) is 16.6 Å². The Morgan fingerprint density at radius 2 is 2.21 bits per heavy atom. The van der Waals surface area contributed by atoms with Crippen LogP contribution in [0.1, 0.15) is 31.2 Å². The van der Waals surface area contributed by atoms with E-state index in [-0.39, 0.29) is 5.54 Å². The molecule has 1 aliphatic carbocycles. The van der Waals surface area contributed by atoms with E-state index >= 15 is 0 Å². The van der Waals surface area contributed by atoms with Crippen molar-refractivity contribution in [3.05, 3.63) is 46.0 Å². The van der Waals surface area contributed by atoms with Gasteiger partial charge in [0.1, 0.15) is 0 Å². The molecule has 2 aliphatic rings. The van der Waals surface area contributed by atoms with Crippen molar-refractivity contribution in [1.29, 1.82) is 0 Å². The SMILES string of the molecule is Brc1cccc(C2(NCC3=CCCOC3)CCC2)c1. The highest BCUT2D eigenvalue weighted by atomic mass is 79.9. The van der Waals surface area contributed by atoms with E-state index < -0.39 is 0 Å². The average molecular weight is 322 g/mol. The summed E-state index contributed by atoms with van der Waals surface area (Å²) >= 11 is 3.58. The third kappa shape index (κ3) is 2.93. The molecule has 0 unspecified atom stereocenters. The van der Waals surface area contributed by atoms with Crippen molar-refractivity contribution >= 4 is 15.9 Å². The molecule has 0 radical (unpaired) electrons. The fourth-order valence-electron chi connectivity index (χ4n) is 2.90. The lowest BCUT2D eigenvalue weighted by Crippen LogP contribution is -2.49. The minimum Gasteiger partial charge on any atom is -0.377 e. The molecular formula is C16H20BrNO. The summed E-state index contributed by atoms with van der Waals surface area (Å²) in [4.78, 5) is 0. The van der Waals surface area contributed by atoms with Crippen LogP contribution in [-0.4, -0.2) is 19.8 Å². The Labute approximate surface area is 123 Å². The summed E-state index contributed by atoms with van der Waals surface area (Å²) in [5, 5.41) is 3.78. The van der Waals surface area contributed by atoms with E-state index in [0.717, 1.165) is 26.2 Å². The molecule has 102 valence electrons. The zero-order chi connectivity index (χ0) is 13.1. The Balaban J connectivity index is 1.71. The second kappa shape index (κ2) is 5.78. The Bertz CT molecular complexity index is 479. The number of hydrogen-bond acceptors (Lipinski definition) is 2. The largest absolute Gasteiger partial charge is 0.377 e. The highest BCUT2D eigenvalue weighted by Crippen LogP contribution is 2.41. The van der Waals surface area contributed by atoms with E-state index in [9.17, 15) is 0 Å². The smallest absolute Gasteiger partial charge is 0.0689 e. The minimum atomic E-state index is 0.183. The Hall–Kier alpha value is -0.640. The molecule has 0 spiro atoms. The zero-order valence-electron chi connectivity index (χ0n) is 11.1. The molecule has 0 amide bonds. The van der Waals surface area contributed by atoms with Gasteiger partial charge in [-0.25, -0.2) is 0 Å². The maximum atomic E-state index is 5.51. The van der Waals surface area contributed by atoms with Crippen LogP contribution in [0.25, 0.3) is 0 Å². The molecule has 0 bridgehead atoms. The minimum absolute atomic E-state index is 0.183. The maximum absolute atomic E-state index is 5.51. The summed E-state index contributed by atoms with van der Waals surface area (Å²) < 4.78 is 6.67. The van der Waals surface area contributed by atoms with Gasteiger partial charge in [0.05, 0.1) is 13.2 Å². The van der Waals surface area contributed by atoms with Crippen molar-refractivity contribution in [3.63, 3.8) is 0 Å². The molecule has 19 heavy (non-hydrogen) atoms. The van der Waals surface area contributed by atoms with Crippen molar-refractivity contribution in [2.24, 2.45) is 0 Å². The lowest BCUT2D eigenvalue weighted by molar-refractivity contribution is 0.141. The normalized spacial score (nSPS) is 21.6. The number of hydrogen-bond donors (Lipinski definition) is 1. The Morgan fingerprint density at radius 3 is 2.84 bits per heavy atom. The monoisotopic (exact) mass is 321 g/mol. The lowest BCUT2D eigenvalue weighted by Gasteiger charge is -2.44. The maximum Gasteiger partial charge on any atom is 0.0689 e. The van der Waals surface area contributed by atoms with Gasteiger partial charge in [-0.2, -0.15) is 0 Å². The molecule has 3 heteroatoms. The Kier molecular flexibility index (Phi) is 4.06. The van der Waals surface area contributed by atoms with E-state index in [2.05, 4.69) is 51.6 Å². The molecule has 3 rings (SSSR count). The van der Waals surface area contributed by atoms with Crippen molar-refractivity contribution in [3.8, 4) is 0 Å². The predicted octanol–water partition coefficient (Wildman–Crippen LogP) is 3.76. The molecule has 1 aliphatic heterocycles. The van der Waals surface area contributed by atoms with Gasteiger partial charge in [-0.15, -0.1) is 0 Å². The third-order valence-electron chi connectivity index (χ3n) is 4.22. The van der Waals surface area contributed by atoms with Crippen LogP contribution in [-0.2, 0) is 10.3 Å². The summed E-state index contributed by atoms with van der Waals surface area (Å²) in [6.45, 7) is 2.62. The summed E-state index contributed by atoms with van der Waals surface area (Å²) in [5.41, 5.74) is 2.99. The van der Waals surface area contributed by atoms with Gasteiger partial charge in [-0.05, 0) is 49.0 Å². The molecule has 1 aromatic carbocycles. The fraction of sp³-hybridized carbons (Fsp3) is 0.500. The van der Waals surface area contributed by atoms with Gasteiger partial charge in [-0.3, -0.25) is 0 Å². The second-order valence-electron chi connectivity index (χ2n) is 5.50. The lowest BCUT2D eigenvalue weighted by atomic mass is 9.71.